The highest BCUT2D eigenvalue weighted by molar-refractivity contribution is 6.15. The Bertz CT molecular complexity index is 2430. The Labute approximate surface area is 286 Å². The van der Waals surface area contributed by atoms with Crippen molar-refractivity contribution in [1.82, 2.24) is 19.9 Å². The summed E-state index contributed by atoms with van der Waals surface area (Å²) in [5.41, 5.74) is -0.249. The van der Waals surface area contributed by atoms with Crippen molar-refractivity contribution >= 4 is 66.8 Å². The number of carbonyl (C=O) groups is 2. The van der Waals surface area contributed by atoms with E-state index in [1.807, 2.05) is 38.4 Å². The van der Waals surface area contributed by atoms with Crippen LogP contribution in [0, 0.1) is 5.82 Å². The lowest BCUT2D eigenvalue weighted by molar-refractivity contribution is 0.0508. The molecule has 4 aromatic carbocycles. The van der Waals surface area contributed by atoms with E-state index in [0.717, 1.165) is 30.8 Å². The third kappa shape index (κ3) is 5.97. The molecule has 3 heterocycles. The first kappa shape index (κ1) is 33.3. The molecular formula is C38H40FN5O6. The van der Waals surface area contributed by atoms with E-state index in [4.69, 9.17) is 9.15 Å². The van der Waals surface area contributed by atoms with Crippen molar-refractivity contribution in [3.8, 4) is 0 Å². The highest BCUT2D eigenvalue weighted by Gasteiger charge is 2.32. The Morgan fingerprint density at radius 1 is 1.00 bits per heavy atom. The zero-order chi connectivity index (χ0) is 35.5. The van der Waals surface area contributed by atoms with E-state index in [1.54, 1.807) is 42.2 Å². The standard InChI is InChI=1S/C38H40FN5O6/c1-38(2,3)50-37(48)41-21-12-15-43(19-21)32-28(39)16-26-31-35(32)49-30-18-25-24(22-10-6-7-11-23(22)33(25)45)17-29(30)44(31)20-27(34(26)46)36(47)40-13-8-9-14-42(4)5/h6-7,10-11,16-18,20-21H,8-9,12-15,19H2,1-5H3,(H,40,47)(H,41,48)/t21-/m0/s1. The van der Waals surface area contributed by atoms with E-state index in [1.165, 1.54) is 6.20 Å². The number of aromatic nitrogens is 1. The molecule has 2 amide bonds. The Morgan fingerprint density at radius 2 is 1.76 bits per heavy atom. The lowest BCUT2D eigenvalue weighted by Gasteiger charge is -2.24. The molecule has 0 aliphatic carbocycles. The number of nitrogens with one attached hydrogen (secondary N) is 2. The molecule has 0 unspecified atom stereocenters. The summed E-state index contributed by atoms with van der Waals surface area (Å²) < 4.78 is 30.0. The van der Waals surface area contributed by atoms with Gasteiger partial charge in [0, 0.05) is 36.6 Å². The number of hydrogen-bond donors (Lipinski definition) is 2. The summed E-state index contributed by atoms with van der Waals surface area (Å²) in [6, 6.07) is 11.6. The molecule has 1 fully saturated rings. The van der Waals surface area contributed by atoms with Crippen molar-refractivity contribution in [3.05, 3.63) is 80.5 Å². The molecule has 2 aromatic heterocycles. The first-order valence-corrected chi connectivity index (χ1v) is 16.9. The highest BCUT2D eigenvalue weighted by Crippen LogP contribution is 2.38. The van der Waals surface area contributed by atoms with Crippen LogP contribution in [-0.2, 0) is 4.74 Å². The molecule has 1 atom stereocenters. The van der Waals surface area contributed by atoms with Crippen LogP contribution >= 0.6 is 0 Å². The van der Waals surface area contributed by atoms with Crippen LogP contribution in [0.1, 0.15) is 50.4 Å². The van der Waals surface area contributed by atoms with Crippen LogP contribution in [0.4, 0.5) is 14.9 Å². The summed E-state index contributed by atoms with van der Waals surface area (Å²) in [4.78, 5) is 57.2. The van der Waals surface area contributed by atoms with Gasteiger partial charge in [0.25, 0.3) is 5.91 Å². The van der Waals surface area contributed by atoms with Crippen molar-refractivity contribution in [3.63, 3.8) is 0 Å². The maximum Gasteiger partial charge on any atom is 0.407 e. The van der Waals surface area contributed by atoms with Crippen molar-refractivity contribution in [2.45, 2.75) is 51.7 Å². The number of nitrogens with zero attached hydrogens (tertiary/aromatic N) is 3. The van der Waals surface area contributed by atoms with Crippen LogP contribution in [0.15, 0.2) is 62.7 Å². The van der Waals surface area contributed by atoms with Gasteiger partial charge in [-0.05, 0) is 89.6 Å². The first-order chi connectivity index (χ1) is 23.8. The molecule has 2 N–H and O–H groups in total. The molecule has 0 saturated carbocycles. The summed E-state index contributed by atoms with van der Waals surface area (Å²) in [7, 11) is 3.96. The SMILES string of the molecule is CN(C)CCCCNC(=O)c1cn2c3cc4c(cc3oc3c(N5CC[C@H](NC(=O)OC(C)(C)C)C5)c(F)cc(c1=O)c32)c(=O)c1ccccc14. The Hall–Kier alpha value is -5.23. The molecular weight excluding hydrogens is 641 g/mol. The molecule has 1 saturated heterocycles. The number of amides is 2. The van der Waals surface area contributed by atoms with Crippen LogP contribution < -0.4 is 26.4 Å². The van der Waals surface area contributed by atoms with E-state index < -0.39 is 28.8 Å². The molecule has 7 rings (SSSR count). The highest BCUT2D eigenvalue weighted by atomic mass is 19.1. The first-order valence-electron chi connectivity index (χ1n) is 16.9. The summed E-state index contributed by atoms with van der Waals surface area (Å²) in [5, 5.41) is 8.20. The monoisotopic (exact) mass is 681 g/mol. The zero-order valence-corrected chi connectivity index (χ0v) is 28.8. The third-order valence-electron chi connectivity index (χ3n) is 9.24. The van der Waals surface area contributed by atoms with Crippen LogP contribution in [0.25, 0.3) is 49.1 Å². The maximum absolute atomic E-state index is 16.3. The number of benzene rings is 3. The second-order valence-corrected chi connectivity index (χ2v) is 14.4. The van der Waals surface area contributed by atoms with Gasteiger partial charge in [0.1, 0.15) is 22.4 Å². The molecule has 6 aromatic rings. The topological polar surface area (TPSA) is 126 Å². The van der Waals surface area contributed by atoms with Gasteiger partial charge in [-0.2, -0.15) is 0 Å². The number of rotatable bonds is 8. The molecule has 11 nitrogen and oxygen atoms in total. The second kappa shape index (κ2) is 12.6. The molecule has 1 aliphatic heterocycles. The fourth-order valence-corrected chi connectivity index (χ4v) is 6.98. The molecule has 50 heavy (non-hydrogen) atoms. The van der Waals surface area contributed by atoms with E-state index in [2.05, 4.69) is 15.5 Å². The third-order valence-corrected chi connectivity index (χ3v) is 9.24. The number of fused-ring (bicyclic) bond motifs is 5. The summed E-state index contributed by atoms with van der Waals surface area (Å²) in [5.74, 6) is -1.26. The summed E-state index contributed by atoms with van der Waals surface area (Å²) in [6.45, 7) is 7.23. The largest absolute Gasteiger partial charge is 0.451 e. The Balaban J connectivity index is 1.39. The number of halogens is 1. The van der Waals surface area contributed by atoms with Crippen LogP contribution in [0.3, 0.4) is 0 Å². The quantitative estimate of drug-likeness (QED) is 0.121. The minimum absolute atomic E-state index is 0.00763. The predicted molar refractivity (Wildman–Crippen MR) is 193 cm³/mol. The smallest absolute Gasteiger partial charge is 0.407 e. The normalized spacial score (nSPS) is 15.3. The van der Waals surface area contributed by atoms with E-state index >= 15 is 4.39 Å². The fraction of sp³-hybridized carbons (Fsp3) is 0.368. The zero-order valence-electron chi connectivity index (χ0n) is 28.8. The number of anilines is 1. The predicted octanol–water partition coefficient (Wildman–Crippen LogP) is 5.62. The number of ether oxygens (including phenoxy) is 1. The van der Waals surface area contributed by atoms with E-state index in [0.29, 0.717) is 46.7 Å². The molecule has 0 bridgehead atoms. The number of carbonyl (C=O) groups excluding carboxylic acids is 2. The molecule has 1 aliphatic rings. The van der Waals surface area contributed by atoms with Gasteiger partial charge in [-0.15, -0.1) is 0 Å². The minimum atomic E-state index is -0.705. The van der Waals surface area contributed by atoms with Crippen molar-refractivity contribution in [2.24, 2.45) is 0 Å². The lowest BCUT2D eigenvalue weighted by atomic mass is 10.1. The number of hydrogen-bond acceptors (Lipinski definition) is 8. The average Bonchev–Trinajstić information content (AvgIpc) is 3.61. The summed E-state index contributed by atoms with van der Waals surface area (Å²) >= 11 is 0. The van der Waals surface area contributed by atoms with Gasteiger partial charge in [0.05, 0.1) is 16.9 Å². The van der Waals surface area contributed by atoms with Gasteiger partial charge < -0.3 is 34.0 Å². The van der Waals surface area contributed by atoms with Gasteiger partial charge in [-0.3, -0.25) is 14.4 Å². The Kier molecular flexibility index (Phi) is 8.37. The maximum atomic E-state index is 16.3. The van der Waals surface area contributed by atoms with Gasteiger partial charge >= 0.3 is 6.09 Å². The summed E-state index contributed by atoms with van der Waals surface area (Å²) in [6.07, 6.45) is 3.04. The van der Waals surface area contributed by atoms with E-state index in [-0.39, 0.29) is 45.8 Å². The second-order valence-electron chi connectivity index (χ2n) is 14.4. The van der Waals surface area contributed by atoms with Gasteiger partial charge in [0.2, 0.25) is 5.43 Å². The number of pyridine rings is 1. The minimum Gasteiger partial charge on any atom is -0.451 e. The van der Waals surface area contributed by atoms with Crippen molar-refractivity contribution < 1.29 is 23.1 Å². The molecule has 260 valence electrons. The van der Waals surface area contributed by atoms with Gasteiger partial charge in [-0.25, -0.2) is 9.18 Å². The number of alkyl carbamates (subject to hydrolysis) is 1. The Morgan fingerprint density at radius 3 is 2.50 bits per heavy atom. The van der Waals surface area contributed by atoms with Crippen LogP contribution in [0.5, 0.6) is 0 Å². The van der Waals surface area contributed by atoms with Gasteiger partial charge in [-0.1, -0.05) is 24.3 Å². The average molecular weight is 682 g/mol. The van der Waals surface area contributed by atoms with Crippen molar-refractivity contribution in [2.75, 3.05) is 45.2 Å². The van der Waals surface area contributed by atoms with E-state index in [9.17, 15) is 19.2 Å². The fourth-order valence-electron chi connectivity index (χ4n) is 6.98. The van der Waals surface area contributed by atoms with Gasteiger partial charge in [0.15, 0.2) is 22.4 Å². The number of unbranched alkanes of at least 4 members (excludes halogenated alkanes) is 1. The van der Waals surface area contributed by atoms with Crippen LogP contribution in [-0.4, -0.2) is 73.2 Å². The lowest BCUT2D eigenvalue weighted by Crippen LogP contribution is -2.40. The molecule has 0 radical (unpaired) electrons. The van der Waals surface area contributed by atoms with Crippen LogP contribution in [0.2, 0.25) is 0 Å². The molecule has 12 heteroatoms. The molecule has 0 spiro atoms. The van der Waals surface area contributed by atoms with Crippen molar-refractivity contribution in [1.29, 1.82) is 0 Å².